The molecule has 1 aromatic rings. The molecule has 1 aromatic carbocycles. The summed E-state index contributed by atoms with van der Waals surface area (Å²) in [7, 11) is -3.59. The van der Waals surface area contributed by atoms with Gasteiger partial charge in [-0.05, 0) is 36.1 Å². The molecule has 0 bridgehead atoms. The van der Waals surface area contributed by atoms with Gasteiger partial charge in [-0.1, -0.05) is 27.7 Å². The normalized spacial score (nSPS) is 16.5. The second kappa shape index (κ2) is 9.05. The first kappa shape index (κ1) is 22.4. The van der Waals surface area contributed by atoms with Crippen molar-refractivity contribution in [1.82, 2.24) is 9.62 Å². The van der Waals surface area contributed by atoms with Crippen LogP contribution in [0.1, 0.15) is 46.6 Å². The first-order chi connectivity index (χ1) is 13.1. The molecule has 1 aliphatic heterocycles. The molecular weight excluding hydrogens is 378 g/mol. The van der Waals surface area contributed by atoms with Crippen molar-refractivity contribution >= 4 is 27.5 Å². The van der Waals surface area contributed by atoms with Crippen molar-refractivity contribution in [2.45, 2.75) is 58.4 Å². The molecule has 0 saturated heterocycles. The Morgan fingerprint density at radius 2 is 1.89 bits per heavy atom. The van der Waals surface area contributed by atoms with E-state index in [9.17, 15) is 18.0 Å². The number of sulfonamides is 1. The molecule has 0 aliphatic carbocycles. The number of nitrogens with one attached hydrogen (secondary N) is 1. The SMILES string of the molecule is CCN(CC)S(=O)(=O)c1ccc2c(c1)C[C@H](C(=O)NCCC(C)C)N2C(C)=O. The lowest BCUT2D eigenvalue weighted by Crippen LogP contribution is -2.47. The molecule has 0 saturated carbocycles. The average molecular weight is 410 g/mol. The highest BCUT2D eigenvalue weighted by Crippen LogP contribution is 2.34. The van der Waals surface area contributed by atoms with Crippen molar-refractivity contribution in [3.8, 4) is 0 Å². The van der Waals surface area contributed by atoms with Crippen LogP contribution in [0.3, 0.4) is 0 Å². The Kier molecular flexibility index (Phi) is 7.22. The number of hydrogen-bond acceptors (Lipinski definition) is 4. The molecule has 0 unspecified atom stereocenters. The highest BCUT2D eigenvalue weighted by atomic mass is 32.2. The van der Waals surface area contributed by atoms with Crippen LogP contribution in [-0.2, 0) is 26.0 Å². The van der Waals surface area contributed by atoms with Crippen LogP contribution in [0, 0.1) is 5.92 Å². The van der Waals surface area contributed by atoms with Crippen LogP contribution in [-0.4, -0.2) is 50.2 Å². The quantitative estimate of drug-likeness (QED) is 0.713. The lowest BCUT2D eigenvalue weighted by Gasteiger charge is -2.24. The molecule has 0 fully saturated rings. The van der Waals surface area contributed by atoms with Gasteiger partial charge in [0.1, 0.15) is 6.04 Å². The van der Waals surface area contributed by atoms with Gasteiger partial charge in [0, 0.05) is 38.7 Å². The summed E-state index contributed by atoms with van der Waals surface area (Å²) in [6.07, 6.45) is 1.17. The van der Waals surface area contributed by atoms with Gasteiger partial charge in [0.2, 0.25) is 21.8 Å². The summed E-state index contributed by atoms with van der Waals surface area (Å²) in [5.74, 6) is 0.0279. The van der Waals surface area contributed by atoms with Crippen LogP contribution in [0.2, 0.25) is 0 Å². The lowest BCUT2D eigenvalue weighted by molar-refractivity contribution is -0.125. The van der Waals surface area contributed by atoms with Crippen molar-refractivity contribution in [3.05, 3.63) is 23.8 Å². The molecule has 1 heterocycles. The molecule has 7 nitrogen and oxygen atoms in total. The minimum Gasteiger partial charge on any atom is -0.354 e. The monoisotopic (exact) mass is 409 g/mol. The molecule has 1 aliphatic rings. The van der Waals surface area contributed by atoms with E-state index >= 15 is 0 Å². The van der Waals surface area contributed by atoms with Gasteiger partial charge >= 0.3 is 0 Å². The van der Waals surface area contributed by atoms with E-state index in [0.29, 0.717) is 43.2 Å². The fourth-order valence-corrected chi connectivity index (χ4v) is 5.01. The zero-order valence-corrected chi connectivity index (χ0v) is 18.2. The summed E-state index contributed by atoms with van der Waals surface area (Å²) in [5, 5.41) is 2.90. The predicted octanol–water partition coefficient (Wildman–Crippen LogP) is 2.16. The zero-order chi connectivity index (χ0) is 21.1. The average Bonchev–Trinajstić information content (AvgIpc) is 3.01. The van der Waals surface area contributed by atoms with E-state index in [1.807, 2.05) is 0 Å². The Labute approximate surface area is 168 Å². The van der Waals surface area contributed by atoms with Gasteiger partial charge in [-0.25, -0.2) is 8.42 Å². The number of fused-ring (bicyclic) bond motifs is 1. The van der Waals surface area contributed by atoms with Gasteiger partial charge in [0.15, 0.2) is 0 Å². The van der Waals surface area contributed by atoms with Crippen molar-refractivity contribution in [2.24, 2.45) is 5.92 Å². The summed E-state index contributed by atoms with van der Waals surface area (Å²) < 4.78 is 27.0. The largest absolute Gasteiger partial charge is 0.354 e. The Bertz CT molecular complexity index is 832. The molecule has 1 atom stereocenters. The zero-order valence-electron chi connectivity index (χ0n) is 17.4. The van der Waals surface area contributed by atoms with Gasteiger partial charge in [0.25, 0.3) is 0 Å². The Morgan fingerprint density at radius 3 is 2.43 bits per heavy atom. The minimum atomic E-state index is -3.59. The van der Waals surface area contributed by atoms with Crippen molar-refractivity contribution in [2.75, 3.05) is 24.5 Å². The summed E-state index contributed by atoms with van der Waals surface area (Å²) in [6, 6.07) is 4.10. The Morgan fingerprint density at radius 1 is 1.25 bits per heavy atom. The molecular formula is C20H31N3O4S. The molecule has 8 heteroatoms. The Balaban J connectivity index is 2.31. The van der Waals surface area contributed by atoms with E-state index in [2.05, 4.69) is 19.2 Å². The molecule has 0 aromatic heterocycles. The predicted molar refractivity (Wildman–Crippen MR) is 110 cm³/mol. The topological polar surface area (TPSA) is 86.8 Å². The first-order valence-corrected chi connectivity index (χ1v) is 11.3. The number of hydrogen-bond donors (Lipinski definition) is 1. The number of rotatable bonds is 8. The number of amides is 2. The third kappa shape index (κ3) is 4.55. The van der Waals surface area contributed by atoms with Gasteiger partial charge in [-0.2, -0.15) is 4.31 Å². The van der Waals surface area contributed by atoms with Gasteiger partial charge in [-0.15, -0.1) is 0 Å². The van der Waals surface area contributed by atoms with Gasteiger partial charge < -0.3 is 5.32 Å². The van der Waals surface area contributed by atoms with E-state index in [1.54, 1.807) is 26.0 Å². The van der Waals surface area contributed by atoms with E-state index in [-0.39, 0.29) is 16.7 Å². The van der Waals surface area contributed by atoms with Crippen LogP contribution < -0.4 is 10.2 Å². The lowest BCUT2D eigenvalue weighted by atomic mass is 10.1. The van der Waals surface area contributed by atoms with Crippen LogP contribution in [0.4, 0.5) is 5.69 Å². The number of nitrogens with zero attached hydrogens (tertiary/aromatic N) is 2. The van der Waals surface area contributed by atoms with Crippen molar-refractivity contribution < 1.29 is 18.0 Å². The smallest absolute Gasteiger partial charge is 0.243 e. The standard InChI is InChI=1S/C20H31N3O4S/c1-6-22(7-2)28(26,27)17-8-9-18-16(12-17)13-19(23(18)15(5)24)20(25)21-11-10-14(3)4/h8-9,12,14,19H,6-7,10-11,13H2,1-5H3,(H,21,25)/t19-/m1/s1. The fraction of sp³-hybridized carbons (Fsp3) is 0.600. The number of benzene rings is 1. The molecule has 28 heavy (non-hydrogen) atoms. The molecule has 0 spiro atoms. The molecule has 156 valence electrons. The fourth-order valence-electron chi connectivity index (χ4n) is 3.50. The van der Waals surface area contributed by atoms with Crippen LogP contribution >= 0.6 is 0 Å². The van der Waals surface area contributed by atoms with Gasteiger partial charge in [0.05, 0.1) is 4.90 Å². The highest BCUT2D eigenvalue weighted by molar-refractivity contribution is 7.89. The first-order valence-electron chi connectivity index (χ1n) is 9.84. The van der Waals surface area contributed by atoms with Crippen molar-refractivity contribution in [1.29, 1.82) is 0 Å². The highest BCUT2D eigenvalue weighted by Gasteiger charge is 2.37. The maximum atomic E-state index is 12.8. The Hall–Kier alpha value is -1.93. The van der Waals surface area contributed by atoms with Crippen LogP contribution in [0.25, 0.3) is 0 Å². The minimum absolute atomic E-state index is 0.194. The maximum Gasteiger partial charge on any atom is 0.243 e. The summed E-state index contributed by atoms with van der Waals surface area (Å²) in [4.78, 5) is 26.5. The molecule has 2 amide bonds. The summed E-state index contributed by atoms with van der Waals surface area (Å²) in [5.41, 5.74) is 1.31. The third-order valence-corrected chi connectivity index (χ3v) is 7.09. The second-order valence-corrected chi connectivity index (χ2v) is 9.40. The third-order valence-electron chi connectivity index (χ3n) is 5.04. The van der Waals surface area contributed by atoms with Crippen molar-refractivity contribution in [3.63, 3.8) is 0 Å². The van der Waals surface area contributed by atoms with Gasteiger partial charge in [-0.3, -0.25) is 14.5 Å². The van der Waals surface area contributed by atoms with Crippen LogP contribution in [0.5, 0.6) is 0 Å². The molecule has 2 rings (SSSR count). The number of anilines is 1. The van der Waals surface area contributed by atoms with Crippen LogP contribution in [0.15, 0.2) is 23.1 Å². The van der Waals surface area contributed by atoms with E-state index in [4.69, 9.17) is 0 Å². The number of carbonyl (C=O) groups is 2. The second-order valence-electron chi connectivity index (χ2n) is 7.46. The van der Waals surface area contributed by atoms with E-state index in [0.717, 1.165) is 6.42 Å². The maximum absolute atomic E-state index is 12.8. The summed E-state index contributed by atoms with van der Waals surface area (Å²) in [6.45, 7) is 10.5. The molecule has 1 N–H and O–H groups in total. The van der Waals surface area contributed by atoms with E-state index in [1.165, 1.54) is 22.2 Å². The van der Waals surface area contributed by atoms with E-state index < -0.39 is 16.1 Å². The summed E-state index contributed by atoms with van der Waals surface area (Å²) >= 11 is 0. The number of carbonyl (C=O) groups excluding carboxylic acids is 2. The molecule has 0 radical (unpaired) electrons.